The molecular formula is C16H13ClF3N3OS. The Balaban J connectivity index is 0.00000225. The standard InChI is InChI=1S/C16H12F3N3OS.ClH/c17-16(18,19)12-4-1-11(2-5-12)3-6-13-7-8-14(24-13)9-22-10-20-21-15(22)23;/h1-8,10H,9H2,(H,21,23);1H/b6-3+;. The molecule has 3 aromatic rings. The molecule has 1 aromatic carbocycles. The molecule has 0 saturated carbocycles. The van der Waals surface area contributed by atoms with Gasteiger partial charge in [0.25, 0.3) is 0 Å². The van der Waals surface area contributed by atoms with E-state index in [9.17, 15) is 18.0 Å². The highest BCUT2D eigenvalue weighted by Gasteiger charge is 2.29. The molecule has 0 fully saturated rings. The number of hydrogen-bond donors (Lipinski definition) is 1. The molecule has 0 aliphatic carbocycles. The zero-order valence-corrected chi connectivity index (χ0v) is 14.3. The first-order valence-corrected chi connectivity index (χ1v) is 7.77. The molecule has 4 nitrogen and oxygen atoms in total. The second-order valence-corrected chi connectivity index (χ2v) is 6.25. The molecule has 0 bridgehead atoms. The Bertz CT molecular complexity index is 910. The zero-order chi connectivity index (χ0) is 17.2. The fraction of sp³-hybridized carbons (Fsp3) is 0.125. The number of H-pyrrole nitrogens is 1. The highest BCUT2D eigenvalue weighted by molar-refractivity contribution is 7.12. The molecule has 0 amide bonds. The third kappa shape index (κ3) is 4.83. The lowest BCUT2D eigenvalue weighted by atomic mass is 10.1. The Hall–Kier alpha value is -2.32. The zero-order valence-electron chi connectivity index (χ0n) is 12.7. The van der Waals surface area contributed by atoms with E-state index in [1.165, 1.54) is 34.4 Å². The van der Waals surface area contributed by atoms with Crippen LogP contribution in [0.5, 0.6) is 0 Å². The maximum absolute atomic E-state index is 12.5. The molecule has 25 heavy (non-hydrogen) atoms. The smallest absolute Gasteiger partial charge is 0.276 e. The normalized spacial score (nSPS) is 11.6. The summed E-state index contributed by atoms with van der Waals surface area (Å²) in [5.41, 5.74) is -0.252. The molecule has 0 aliphatic heterocycles. The van der Waals surface area contributed by atoms with Gasteiger partial charge in [0, 0.05) is 9.75 Å². The summed E-state index contributed by atoms with van der Waals surface area (Å²) in [5, 5.41) is 5.99. The van der Waals surface area contributed by atoms with Gasteiger partial charge in [0.2, 0.25) is 0 Å². The lowest BCUT2D eigenvalue weighted by molar-refractivity contribution is -0.137. The predicted molar refractivity (Wildman–Crippen MR) is 93.9 cm³/mol. The third-order valence-corrected chi connectivity index (χ3v) is 4.34. The van der Waals surface area contributed by atoms with Crippen molar-refractivity contribution in [3.05, 3.63) is 74.1 Å². The van der Waals surface area contributed by atoms with Gasteiger partial charge in [-0.25, -0.2) is 9.89 Å². The van der Waals surface area contributed by atoms with Crippen LogP contribution in [0.1, 0.15) is 20.9 Å². The SMILES string of the molecule is Cl.O=c1[nH]ncn1Cc1ccc(/C=C/c2ccc(C(F)(F)F)cc2)s1. The maximum Gasteiger partial charge on any atom is 0.416 e. The van der Waals surface area contributed by atoms with Crippen LogP contribution in [0.4, 0.5) is 13.2 Å². The predicted octanol–water partition coefficient (Wildman–Crippen LogP) is 4.29. The summed E-state index contributed by atoms with van der Waals surface area (Å²) in [7, 11) is 0. The van der Waals surface area contributed by atoms with Crippen LogP contribution in [-0.4, -0.2) is 14.8 Å². The fourth-order valence-electron chi connectivity index (χ4n) is 2.08. The molecule has 0 atom stereocenters. The first-order chi connectivity index (χ1) is 11.4. The van der Waals surface area contributed by atoms with Gasteiger partial charge in [-0.05, 0) is 35.9 Å². The average Bonchev–Trinajstić information content (AvgIpc) is 3.15. The molecule has 1 N–H and O–H groups in total. The quantitative estimate of drug-likeness (QED) is 0.726. The van der Waals surface area contributed by atoms with Gasteiger partial charge in [0.1, 0.15) is 6.33 Å². The van der Waals surface area contributed by atoms with Crippen LogP contribution in [-0.2, 0) is 12.7 Å². The number of alkyl halides is 3. The molecule has 0 aliphatic rings. The van der Waals surface area contributed by atoms with E-state index in [0.717, 1.165) is 21.9 Å². The van der Waals surface area contributed by atoms with Crippen LogP contribution in [0.3, 0.4) is 0 Å². The molecule has 9 heteroatoms. The third-order valence-electron chi connectivity index (χ3n) is 3.30. The first-order valence-electron chi connectivity index (χ1n) is 6.96. The van der Waals surface area contributed by atoms with Crippen LogP contribution in [0.25, 0.3) is 12.2 Å². The first kappa shape index (κ1) is 19.0. The average molecular weight is 388 g/mol. The van der Waals surface area contributed by atoms with Crippen LogP contribution in [0.2, 0.25) is 0 Å². The van der Waals surface area contributed by atoms with Crippen molar-refractivity contribution in [2.75, 3.05) is 0 Å². The molecule has 3 rings (SSSR count). The summed E-state index contributed by atoms with van der Waals surface area (Å²) < 4.78 is 39.0. The van der Waals surface area contributed by atoms with Gasteiger partial charge in [-0.2, -0.15) is 18.3 Å². The van der Waals surface area contributed by atoms with E-state index in [1.807, 2.05) is 18.2 Å². The van der Waals surface area contributed by atoms with Crippen molar-refractivity contribution in [1.82, 2.24) is 14.8 Å². The number of benzene rings is 1. The van der Waals surface area contributed by atoms with Crippen molar-refractivity contribution in [3.8, 4) is 0 Å². The molecular weight excluding hydrogens is 375 g/mol. The van der Waals surface area contributed by atoms with E-state index in [4.69, 9.17) is 0 Å². The van der Waals surface area contributed by atoms with Crippen molar-refractivity contribution >= 4 is 35.9 Å². The van der Waals surface area contributed by atoms with E-state index in [0.29, 0.717) is 12.1 Å². The van der Waals surface area contributed by atoms with Crippen molar-refractivity contribution < 1.29 is 13.2 Å². The summed E-state index contributed by atoms with van der Waals surface area (Å²) in [6, 6.07) is 8.77. The monoisotopic (exact) mass is 387 g/mol. The number of halogens is 4. The number of hydrogen-bond acceptors (Lipinski definition) is 3. The molecule has 0 radical (unpaired) electrons. The number of aromatic amines is 1. The van der Waals surface area contributed by atoms with Gasteiger partial charge in [0.05, 0.1) is 12.1 Å². The van der Waals surface area contributed by atoms with E-state index < -0.39 is 11.7 Å². The number of rotatable bonds is 4. The summed E-state index contributed by atoms with van der Waals surface area (Å²) in [6.07, 6.45) is 0.685. The van der Waals surface area contributed by atoms with E-state index in [2.05, 4.69) is 10.2 Å². The van der Waals surface area contributed by atoms with Crippen LogP contribution in [0, 0.1) is 0 Å². The lowest BCUT2D eigenvalue weighted by Gasteiger charge is -2.05. The molecule has 0 saturated heterocycles. The van der Waals surface area contributed by atoms with E-state index in [1.54, 1.807) is 6.08 Å². The second-order valence-electron chi connectivity index (χ2n) is 5.05. The van der Waals surface area contributed by atoms with Gasteiger partial charge >= 0.3 is 11.9 Å². The maximum atomic E-state index is 12.5. The topological polar surface area (TPSA) is 50.7 Å². The van der Waals surface area contributed by atoms with Crippen LogP contribution < -0.4 is 5.69 Å². The largest absolute Gasteiger partial charge is 0.416 e. The molecule has 0 spiro atoms. The van der Waals surface area contributed by atoms with Gasteiger partial charge in [-0.1, -0.05) is 18.2 Å². The Kier molecular flexibility index (Phi) is 5.86. The van der Waals surface area contributed by atoms with Crippen LogP contribution >= 0.6 is 23.7 Å². The lowest BCUT2D eigenvalue weighted by Crippen LogP contribution is -2.16. The summed E-state index contributed by atoms with van der Waals surface area (Å²) in [6.45, 7) is 0.425. The summed E-state index contributed by atoms with van der Waals surface area (Å²) >= 11 is 1.50. The Morgan fingerprint density at radius 1 is 1.12 bits per heavy atom. The van der Waals surface area contributed by atoms with Gasteiger partial charge in [-0.3, -0.25) is 4.57 Å². The van der Waals surface area contributed by atoms with Gasteiger partial charge < -0.3 is 0 Å². The van der Waals surface area contributed by atoms with E-state index in [-0.39, 0.29) is 18.1 Å². The highest BCUT2D eigenvalue weighted by atomic mass is 35.5. The van der Waals surface area contributed by atoms with Gasteiger partial charge in [-0.15, -0.1) is 23.7 Å². The summed E-state index contributed by atoms with van der Waals surface area (Å²) in [5.74, 6) is 0. The minimum atomic E-state index is -4.32. The number of aromatic nitrogens is 3. The Morgan fingerprint density at radius 3 is 2.44 bits per heavy atom. The number of nitrogens with zero attached hydrogens (tertiary/aromatic N) is 2. The Labute approximate surface area is 151 Å². The minimum absolute atomic E-state index is 0. The number of nitrogens with one attached hydrogen (secondary N) is 1. The fourth-order valence-corrected chi connectivity index (χ4v) is 3.00. The minimum Gasteiger partial charge on any atom is -0.276 e. The highest BCUT2D eigenvalue weighted by Crippen LogP contribution is 2.29. The molecule has 0 unspecified atom stereocenters. The van der Waals surface area contributed by atoms with E-state index >= 15 is 0 Å². The van der Waals surface area contributed by atoms with Crippen molar-refractivity contribution in [2.24, 2.45) is 0 Å². The molecule has 2 aromatic heterocycles. The van der Waals surface area contributed by atoms with Crippen molar-refractivity contribution in [3.63, 3.8) is 0 Å². The molecule has 132 valence electrons. The number of thiophene rings is 1. The Morgan fingerprint density at radius 2 is 1.84 bits per heavy atom. The van der Waals surface area contributed by atoms with Crippen LogP contribution in [0.15, 0.2) is 47.5 Å². The van der Waals surface area contributed by atoms with Crippen molar-refractivity contribution in [1.29, 1.82) is 0 Å². The second kappa shape index (κ2) is 7.71. The molecule has 2 heterocycles. The van der Waals surface area contributed by atoms with Crippen molar-refractivity contribution in [2.45, 2.75) is 12.7 Å². The summed E-state index contributed by atoms with van der Waals surface area (Å²) in [4.78, 5) is 13.3. The van der Waals surface area contributed by atoms with Gasteiger partial charge in [0.15, 0.2) is 0 Å².